The summed E-state index contributed by atoms with van der Waals surface area (Å²) >= 11 is 0. The van der Waals surface area contributed by atoms with Crippen LogP contribution in [-0.2, 0) is 11.3 Å². The van der Waals surface area contributed by atoms with Crippen LogP contribution in [0.15, 0.2) is 65.2 Å². The van der Waals surface area contributed by atoms with Crippen LogP contribution in [-0.4, -0.2) is 27.4 Å². The van der Waals surface area contributed by atoms with Crippen molar-refractivity contribution in [1.82, 2.24) is 15.5 Å². The molecule has 0 radical (unpaired) electrons. The van der Waals surface area contributed by atoms with Gasteiger partial charge in [0.2, 0.25) is 5.82 Å². The molecule has 0 aliphatic carbocycles. The van der Waals surface area contributed by atoms with Crippen molar-refractivity contribution in [2.75, 3.05) is 0 Å². The van der Waals surface area contributed by atoms with Crippen LogP contribution >= 0.6 is 0 Å². The number of carbonyl (C=O) groups is 1. The van der Waals surface area contributed by atoms with Gasteiger partial charge in [-0.25, -0.2) is 4.79 Å². The summed E-state index contributed by atoms with van der Waals surface area (Å²) in [6.45, 7) is 3.90. The minimum Gasteiger partial charge on any atom is -0.445 e. The molecule has 1 aromatic heterocycles. The first-order chi connectivity index (χ1) is 14.5. The van der Waals surface area contributed by atoms with E-state index in [1.54, 1.807) is 6.08 Å². The molecule has 0 saturated heterocycles. The number of carbonyl (C=O) groups excluding carboxylic acids is 1. The number of aromatic nitrogens is 2. The summed E-state index contributed by atoms with van der Waals surface area (Å²) in [5.74, 6) is 0.276. The smallest absolute Gasteiger partial charge is 0.407 e. The number of amides is 1. The summed E-state index contributed by atoms with van der Waals surface area (Å²) < 4.78 is 10.4. The normalized spacial score (nSPS) is 13.3. The van der Waals surface area contributed by atoms with Gasteiger partial charge in [0.05, 0.1) is 6.04 Å². The zero-order valence-corrected chi connectivity index (χ0v) is 16.9. The van der Waals surface area contributed by atoms with Gasteiger partial charge in [-0.15, -0.1) is 0 Å². The molecule has 1 unspecified atom stereocenters. The lowest BCUT2D eigenvalue weighted by molar-refractivity contribution is 0.0796. The molecule has 3 rings (SSSR count). The Morgan fingerprint density at radius 3 is 2.43 bits per heavy atom. The molecular formula is C23H25N3O4. The van der Waals surface area contributed by atoms with Gasteiger partial charge in [0.1, 0.15) is 12.7 Å². The van der Waals surface area contributed by atoms with Gasteiger partial charge in [-0.2, -0.15) is 4.98 Å². The van der Waals surface area contributed by atoms with Crippen molar-refractivity contribution < 1.29 is 19.2 Å². The highest BCUT2D eigenvalue weighted by Crippen LogP contribution is 2.20. The molecule has 0 aliphatic heterocycles. The van der Waals surface area contributed by atoms with E-state index in [-0.39, 0.29) is 24.2 Å². The van der Waals surface area contributed by atoms with Crippen LogP contribution in [0.2, 0.25) is 0 Å². The molecule has 2 aromatic carbocycles. The van der Waals surface area contributed by atoms with E-state index in [1.807, 2.05) is 80.6 Å². The van der Waals surface area contributed by atoms with Crippen LogP contribution in [0.1, 0.15) is 42.8 Å². The molecule has 0 fully saturated rings. The number of benzene rings is 2. The summed E-state index contributed by atoms with van der Waals surface area (Å²) in [4.78, 5) is 16.4. The minimum absolute atomic E-state index is 0.0916. The molecule has 2 N–H and O–H groups in total. The van der Waals surface area contributed by atoms with Crippen LogP contribution in [0, 0.1) is 5.92 Å². The number of alkyl carbamates (subject to hydrolysis) is 1. The number of hydrogen-bond donors (Lipinski definition) is 2. The topological polar surface area (TPSA) is 97.5 Å². The molecule has 30 heavy (non-hydrogen) atoms. The summed E-state index contributed by atoms with van der Waals surface area (Å²) in [6.07, 6.45) is 1.74. The Kier molecular flexibility index (Phi) is 7.34. The van der Waals surface area contributed by atoms with Crippen molar-refractivity contribution in [3.63, 3.8) is 0 Å². The highest BCUT2D eigenvalue weighted by Gasteiger charge is 2.30. The van der Waals surface area contributed by atoms with Gasteiger partial charge in [0.15, 0.2) is 0 Å². The molecule has 0 spiro atoms. The van der Waals surface area contributed by atoms with E-state index < -0.39 is 18.2 Å². The number of aliphatic hydroxyl groups excluding tert-OH is 1. The number of rotatable bonds is 8. The number of nitrogens with zero attached hydrogens (tertiary/aromatic N) is 2. The average molecular weight is 407 g/mol. The van der Waals surface area contributed by atoms with Crippen molar-refractivity contribution in [1.29, 1.82) is 0 Å². The van der Waals surface area contributed by atoms with Crippen LogP contribution < -0.4 is 5.32 Å². The van der Waals surface area contributed by atoms with Crippen LogP contribution in [0.3, 0.4) is 0 Å². The van der Waals surface area contributed by atoms with E-state index in [2.05, 4.69) is 15.5 Å². The summed E-state index contributed by atoms with van der Waals surface area (Å²) in [5.41, 5.74) is 1.86. The Bertz CT molecular complexity index is 955. The number of ether oxygens (including phenoxy) is 1. The summed E-state index contributed by atoms with van der Waals surface area (Å²) in [6, 6.07) is 18.4. The fourth-order valence-electron chi connectivity index (χ4n) is 2.84. The highest BCUT2D eigenvalue weighted by molar-refractivity contribution is 5.68. The van der Waals surface area contributed by atoms with Crippen molar-refractivity contribution in [3.05, 3.63) is 83.5 Å². The molecule has 0 saturated carbocycles. The summed E-state index contributed by atoms with van der Waals surface area (Å²) in [5, 5.41) is 17.3. The third kappa shape index (κ3) is 6.02. The lowest BCUT2D eigenvalue weighted by Crippen LogP contribution is -2.43. The third-order valence-corrected chi connectivity index (χ3v) is 4.50. The lowest BCUT2D eigenvalue weighted by atomic mass is 9.98. The van der Waals surface area contributed by atoms with Crippen molar-refractivity contribution in [2.24, 2.45) is 5.92 Å². The maximum atomic E-state index is 12.2. The predicted molar refractivity (Wildman–Crippen MR) is 113 cm³/mol. The lowest BCUT2D eigenvalue weighted by Gasteiger charge is -2.25. The first-order valence-electron chi connectivity index (χ1n) is 9.75. The van der Waals surface area contributed by atoms with Crippen LogP contribution in [0.5, 0.6) is 0 Å². The quantitative estimate of drug-likeness (QED) is 0.580. The number of nitrogens with one attached hydrogen (secondary N) is 1. The van der Waals surface area contributed by atoms with E-state index in [1.165, 1.54) is 0 Å². The zero-order valence-electron chi connectivity index (χ0n) is 16.9. The molecule has 0 bridgehead atoms. The van der Waals surface area contributed by atoms with Crippen molar-refractivity contribution in [2.45, 2.75) is 32.6 Å². The maximum absolute atomic E-state index is 12.2. The van der Waals surface area contributed by atoms with E-state index in [0.717, 1.165) is 11.1 Å². The Labute approximate surface area is 175 Å². The van der Waals surface area contributed by atoms with Crippen molar-refractivity contribution in [3.8, 4) is 0 Å². The molecule has 1 amide bonds. The van der Waals surface area contributed by atoms with Crippen molar-refractivity contribution >= 4 is 18.2 Å². The Morgan fingerprint density at radius 1 is 1.10 bits per heavy atom. The van der Waals surface area contributed by atoms with Gasteiger partial charge in [-0.05, 0) is 23.1 Å². The highest BCUT2D eigenvalue weighted by atomic mass is 16.5. The first-order valence-corrected chi connectivity index (χ1v) is 9.75. The first kappa shape index (κ1) is 21.3. The number of hydrogen-bond acceptors (Lipinski definition) is 6. The molecule has 0 aliphatic rings. The SMILES string of the molecule is CC(C)[C@H](NC(=O)OCc1ccccc1)C(O)c1noc(/C=C/c2ccccc2)n1. The minimum atomic E-state index is -1.14. The maximum Gasteiger partial charge on any atom is 0.407 e. The largest absolute Gasteiger partial charge is 0.445 e. The molecule has 7 heteroatoms. The van der Waals surface area contributed by atoms with E-state index >= 15 is 0 Å². The predicted octanol–water partition coefficient (Wildman–Crippen LogP) is 4.22. The van der Waals surface area contributed by atoms with Gasteiger partial charge in [0, 0.05) is 6.08 Å². The summed E-state index contributed by atoms with van der Waals surface area (Å²) in [7, 11) is 0. The third-order valence-electron chi connectivity index (χ3n) is 4.50. The Morgan fingerprint density at radius 2 is 1.77 bits per heavy atom. The van der Waals surface area contributed by atoms with Crippen LogP contribution in [0.4, 0.5) is 4.79 Å². The Hall–Kier alpha value is -3.45. The monoisotopic (exact) mass is 407 g/mol. The zero-order chi connectivity index (χ0) is 21.3. The van der Waals surface area contributed by atoms with Gasteiger partial charge in [-0.3, -0.25) is 0 Å². The molecule has 7 nitrogen and oxygen atoms in total. The molecule has 156 valence electrons. The van der Waals surface area contributed by atoms with E-state index in [4.69, 9.17) is 9.26 Å². The van der Waals surface area contributed by atoms with Gasteiger partial charge in [0.25, 0.3) is 5.89 Å². The molecule has 2 atom stereocenters. The second kappa shape index (κ2) is 10.4. The van der Waals surface area contributed by atoms with Gasteiger partial charge < -0.3 is 19.7 Å². The molecule has 1 heterocycles. The average Bonchev–Trinajstić information content (AvgIpc) is 3.24. The standard InChI is InChI=1S/C23H25N3O4/c1-16(2)20(25-23(28)29-15-18-11-7-4-8-12-18)21(27)22-24-19(30-26-22)14-13-17-9-5-3-6-10-17/h3-14,16,20-21,27H,15H2,1-2H3,(H,25,28)/b14-13+/t20-,21?/m0/s1. The van der Waals surface area contributed by atoms with Gasteiger partial charge >= 0.3 is 6.09 Å². The molecular weight excluding hydrogens is 382 g/mol. The second-order valence-corrected chi connectivity index (χ2v) is 7.16. The molecule has 3 aromatic rings. The van der Waals surface area contributed by atoms with Gasteiger partial charge in [-0.1, -0.05) is 79.7 Å². The van der Waals surface area contributed by atoms with E-state index in [0.29, 0.717) is 0 Å². The Balaban J connectivity index is 1.61. The second-order valence-electron chi connectivity index (χ2n) is 7.16. The van der Waals surface area contributed by atoms with Crippen LogP contribution in [0.25, 0.3) is 12.2 Å². The fourth-order valence-corrected chi connectivity index (χ4v) is 2.84. The fraction of sp³-hybridized carbons (Fsp3) is 0.261. The number of aliphatic hydroxyl groups is 1. The van der Waals surface area contributed by atoms with E-state index in [9.17, 15) is 9.90 Å².